The zero-order valence-electron chi connectivity index (χ0n) is 9.34. The van der Waals surface area contributed by atoms with Crippen molar-refractivity contribution in [3.63, 3.8) is 0 Å². The van der Waals surface area contributed by atoms with Gasteiger partial charge in [-0.05, 0) is 13.0 Å². The first-order valence-electron chi connectivity index (χ1n) is 4.71. The summed E-state index contributed by atoms with van der Waals surface area (Å²) in [5.41, 5.74) is 5.12. The molecule has 0 bridgehead atoms. The summed E-state index contributed by atoms with van der Waals surface area (Å²) >= 11 is 0. The molecule has 0 amide bonds. The second kappa shape index (κ2) is 5.10. The molecule has 8 heteroatoms. The van der Waals surface area contributed by atoms with Gasteiger partial charge >= 0.3 is 11.7 Å². The molecule has 17 heavy (non-hydrogen) atoms. The largest absolute Gasteiger partial charge is 0.467 e. The number of methoxy groups -OCH3 is 1. The van der Waals surface area contributed by atoms with Crippen molar-refractivity contribution in [1.29, 1.82) is 0 Å². The average Bonchev–Trinajstić information content (AvgIpc) is 2.27. The lowest BCUT2D eigenvalue weighted by Gasteiger charge is -2.12. The number of hydrogen-bond donors (Lipinski definition) is 2. The number of esters is 1. The number of ether oxygens (including phenoxy) is 1. The third-order valence-corrected chi connectivity index (χ3v) is 2.02. The molecule has 0 fully saturated rings. The molecule has 1 aromatic rings. The number of hydrogen-bond acceptors (Lipinski definition) is 7. The van der Waals surface area contributed by atoms with E-state index in [1.807, 2.05) is 0 Å². The van der Waals surface area contributed by atoms with E-state index in [-0.39, 0.29) is 17.3 Å². The molecule has 1 atom stereocenters. The minimum atomic E-state index is -0.629. The number of anilines is 2. The fourth-order valence-electron chi connectivity index (χ4n) is 1.16. The van der Waals surface area contributed by atoms with Gasteiger partial charge in [0.15, 0.2) is 0 Å². The van der Waals surface area contributed by atoms with Crippen LogP contribution in [0, 0.1) is 10.1 Å². The fraction of sp³-hybridized carbons (Fsp3) is 0.333. The Kier molecular flexibility index (Phi) is 3.81. The van der Waals surface area contributed by atoms with E-state index in [0.717, 1.165) is 0 Å². The maximum absolute atomic E-state index is 11.1. The molecular formula is C9H12N4O4. The molecule has 0 saturated heterocycles. The highest BCUT2D eigenvalue weighted by atomic mass is 16.6. The normalized spacial score (nSPS) is 11.6. The third-order valence-electron chi connectivity index (χ3n) is 2.02. The lowest BCUT2D eigenvalue weighted by molar-refractivity contribution is -0.384. The van der Waals surface area contributed by atoms with Crippen molar-refractivity contribution in [3.8, 4) is 0 Å². The van der Waals surface area contributed by atoms with E-state index < -0.39 is 16.9 Å². The zero-order chi connectivity index (χ0) is 13.0. The number of pyridine rings is 1. The van der Waals surface area contributed by atoms with Gasteiger partial charge in [0, 0.05) is 6.07 Å². The quantitative estimate of drug-likeness (QED) is 0.447. The van der Waals surface area contributed by atoms with Crippen LogP contribution in [0.1, 0.15) is 6.92 Å². The van der Waals surface area contributed by atoms with E-state index in [9.17, 15) is 14.9 Å². The van der Waals surface area contributed by atoms with Gasteiger partial charge in [-0.2, -0.15) is 0 Å². The summed E-state index contributed by atoms with van der Waals surface area (Å²) in [6.45, 7) is 1.57. The Morgan fingerprint density at radius 1 is 1.65 bits per heavy atom. The molecule has 92 valence electrons. The predicted octanol–water partition coefficient (Wildman–Crippen LogP) is 0.545. The van der Waals surface area contributed by atoms with E-state index in [1.165, 1.54) is 19.2 Å². The molecule has 0 aliphatic carbocycles. The second-order valence-corrected chi connectivity index (χ2v) is 3.25. The van der Waals surface area contributed by atoms with E-state index in [4.69, 9.17) is 5.73 Å². The topological polar surface area (TPSA) is 120 Å². The van der Waals surface area contributed by atoms with Gasteiger partial charge in [0.2, 0.25) is 5.82 Å². The Morgan fingerprint density at radius 2 is 2.29 bits per heavy atom. The summed E-state index contributed by atoms with van der Waals surface area (Å²) in [7, 11) is 1.26. The first-order valence-corrected chi connectivity index (χ1v) is 4.71. The van der Waals surface area contributed by atoms with Crippen LogP contribution in [-0.4, -0.2) is 29.0 Å². The number of nitrogen functional groups attached to an aromatic ring is 1. The summed E-state index contributed by atoms with van der Waals surface area (Å²) in [5, 5.41) is 13.2. The molecule has 0 aliphatic rings. The minimum absolute atomic E-state index is 0.211. The summed E-state index contributed by atoms with van der Waals surface area (Å²) in [6.07, 6.45) is 0. The molecule has 0 spiro atoms. The zero-order valence-corrected chi connectivity index (χ0v) is 9.34. The smallest absolute Gasteiger partial charge is 0.328 e. The molecule has 0 saturated carbocycles. The molecule has 1 heterocycles. The summed E-state index contributed by atoms with van der Waals surface area (Å²) in [4.78, 5) is 24.8. The number of rotatable bonds is 4. The van der Waals surface area contributed by atoms with Crippen LogP contribution >= 0.6 is 0 Å². The Hall–Kier alpha value is -2.38. The van der Waals surface area contributed by atoms with E-state index in [2.05, 4.69) is 15.0 Å². The van der Waals surface area contributed by atoms with Crippen LogP contribution in [0.3, 0.4) is 0 Å². The standard InChI is InChI=1S/C9H12N4O4/c1-5(9(14)17-2)11-7-4-3-6(13(15)16)8(10)12-7/h3-5H,1-2H3,(H3,10,11,12). The second-order valence-electron chi connectivity index (χ2n) is 3.25. The van der Waals surface area contributed by atoms with Crippen LogP contribution < -0.4 is 11.1 Å². The minimum Gasteiger partial charge on any atom is -0.467 e. The summed E-state index contributed by atoms with van der Waals surface area (Å²) in [5.74, 6) is -0.410. The van der Waals surface area contributed by atoms with Crippen molar-refractivity contribution in [2.45, 2.75) is 13.0 Å². The molecular weight excluding hydrogens is 228 g/mol. The monoisotopic (exact) mass is 240 g/mol. The van der Waals surface area contributed by atoms with Gasteiger partial charge in [-0.3, -0.25) is 10.1 Å². The van der Waals surface area contributed by atoms with Gasteiger partial charge in [0.1, 0.15) is 11.9 Å². The van der Waals surface area contributed by atoms with E-state index in [1.54, 1.807) is 6.92 Å². The van der Waals surface area contributed by atoms with Gasteiger partial charge in [0.05, 0.1) is 12.0 Å². The first kappa shape index (κ1) is 12.7. The van der Waals surface area contributed by atoms with Gasteiger partial charge in [-0.1, -0.05) is 0 Å². The number of nitrogens with two attached hydrogens (primary N) is 1. The van der Waals surface area contributed by atoms with Crippen LogP contribution in [0.4, 0.5) is 17.3 Å². The SMILES string of the molecule is COC(=O)C(C)Nc1ccc([N+](=O)[O-])c(N)n1. The molecule has 1 rings (SSSR count). The highest BCUT2D eigenvalue weighted by molar-refractivity contribution is 5.78. The van der Waals surface area contributed by atoms with Gasteiger partial charge in [0.25, 0.3) is 0 Å². The number of carbonyl (C=O) groups is 1. The number of aromatic nitrogens is 1. The molecule has 0 radical (unpaired) electrons. The van der Waals surface area contributed by atoms with Crippen molar-refractivity contribution < 1.29 is 14.5 Å². The van der Waals surface area contributed by atoms with Crippen molar-refractivity contribution in [2.75, 3.05) is 18.2 Å². The van der Waals surface area contributed by atoms with Crippen LogP contribution in [0.25, 0.3) is 0 Å². The number of nitro groups is 1. The van der Waals surface area contributed by atoms with Crippen molar-refractivity contribution in [1.82, 2.24) is 4.98 Å². The molecule has 0 aliphatic heterocycles. The molecule has 8 nitrogen and oxygen atoms in total. The van der Waals surface area contributed by atoms with Crippen LogP contribution in [0.5, 0.6) is 0 Å². The highest BCUT2D eigenvalue weighted by Crippen LogP contribution is 2.20. The van der Waals surface area contributed by atoms with Crippen LogP contribution in [0.15, 0.2) is 12.1 Å². The van der Waals surface area contributed by atoms with Crippen molar-refractivity contribution in [2.24, 2.45) is 0 Å². The summed E-state index contributed by atoms with van der Waals surface area (Å²) in [6, 6.07) is 1.97. The number of nitrogens with one attached hydrogen (secondary N) is 1. The fourth-order valence-corrected chi connectivity index (χ4v) is 1.16. The lowest BCUT2D eigenvalue weighted by atomic mass is 10.3. The van der Waals surface area contributed by atoms with Crippen molar-refractivity contribution >= 4 is 23.3 Å². The Bertz CT molecular complexity index is 449. The Labute approximate surface area is 96.9 Å². The summed E-state index contributed by atoms with van der Waals surface area (Å²) < 4.78 is 4.51. The lowest BCUT2D eigenvalue weighted by Crippen LogP contribution is -2.27. The van der Waals surface area contributed by atoms with E-state index in [0.29, 0.717) is 0 Å². The van der Waals surface area contributed by atoms with Crippen LogP contribution in [-0.2, 0) is 9.53 Å². The maximum Gasteiger partial charge on any atom is 0.328 e. The molecule has 1 unspecified atom stereocenters. The number of nitrogens with zero attached hydrogens (tertiary/aromatic N) is 2. The highest BCUT2D eigenvalue weighted by Gasteiger charge is 2.16. The van der Waals surface area contributed by atoms with Gasteiger partial charge in [-0.15, -0.1) is 0 Å². The van der Waals surface area contributed by atoms with Gasteiger partial charge < -0.3 is 15.8 Å². The third kappa shape index (κ3) is 3.03. The average molecular weight is 240 g/mol. The molecule has 1 aromatic heterocycles. The van der Waals surface area contributed by atoms with E-state index >= 15 is 0 Å². The first-order chi connectivity index (χ1) is 7.95. The Morgan fingerprint density at radius 3 is 2.76 bits per heavy atom. The molecule has 3 N–H and O–H groups in total. The van der Waals surface area contributed by atoms with Crippen molar-refractivity contribution in [3.05, 3.63) is 22.2 Å². The number of carbonyl (C=O) groups excluding carboxylic acids is 1. The van der Waals surface area contributed by atoms with Gasteiger partial charge in [-0.25, -0.2) is 9.78 Å². The maximum atomic E-state index is 11.1. The Balaban J connectivity index is 2.84. The molecule has 0 aromatic carbocycles. The predicted molar refractivity (Wildman–Crippen MR) is 60.4 cm³/mol. The van der Waals surface area contributed by atoms with Crippen LogP contribution in [0.2, 0.25) is 0 Å².